The van der Waals surface area contributed by atoms with Crippen LogP contribution in [-0.4, -0.2) is 21.4 Å². The molecule has 1 aromatic heterocycles. The molecule has 1 fully saturated rings. The third-order valence-electron chi connectivity index (χ3n) is 3.11. The number of carbonyl (C=O) groups is 1. The Morgan fingerprint density at radius 1 is 1.38 bits per heavy atom. The summed E-state index contributed by atoms with van der Waals surface area (Å²) in [5.74, 6) is 0.987. The number of rotatable bonds is 5. The van der Waals surface area contributed by atoms with Crippen LogP contribution >= 0.6 is 23.4 Å². The molecule has 0 bridgehead atoms. The molecule has 1 heterocycles. The van der Waals surface area contributed by atoms with Gasteiger partial charge in [0.1, 0.15) is 0 Å². The van der Waals surface area contributed by atoms with Gasteiger partial charge in [0.05, 0.1) is 5.25 Å². The maximum Gasteiger partial charge on any atom is 0.277 e. The number of nitrogens with zero attached hydrogens (tertiary/aromatic N) is 2. The minimum atomic E-state index is -0.326. The van der Waals surface area contributed by atoms with E-state index in [0.717, 1.165) is 12.8 Å². The Hall–Kier alpha value is -1.53. The van der Waals surface area contributed by atoms with Crippen LogP contribution in [0.2, 0.25) is 5.02 Å². The summed E-state index contributed by atoms with van der Waals surface area (Å²) in [5.41, 5.74) is 0.709. The zero-order valence-electron chi connectivity index (χ0n) is 11.4. The van der Waals surface area contributed by atoms with Gasteiger partial charge in [0.25, 0.3) is 5.22 Å². The molecule has 5 nitrogen and oxygen atoms in total. The van der Waals surface area contributed by atoms with E-state index in [2.05, 4.69) is 15.5 Å². The molecule has 110 valence electrons. The predicted molar refractivity (Wildman–Crippen MR) is 81.7 cm³/mol. The normalized spacial score (nSPS) is 15.7. The standard InChI is InChI=1S/C14H14ClN3O2S/c1-8(12(19)16-11-6-4-10(15)5-7-11)21-14-18-17-13(20-14)9-2-3-9/h4-9H,2-3H2,1H3,(H,16,19)/t8-/m0/s1. The molecule has 0 aliphatic heterocycles. The summed E-state index contributed by atoms with van der Waals surface area (Å²) in [6.45, 7) is 1.80. The number of halogens is 1. The molecule has 3 rings (SSSR count). The van der Waals surface area contributed by atoms with Gasteiger partial charge in [0.2, 0.25) is 11.8 Å². The average Bonchev–Trinajstić information content (AvgIpc) is 3.22. The van der Waals surface area contributed by atoms with Crippen molar-refractivity contribution in [3.05, 3.63) is 35.2 Å². The molecule has 1 aromatic carbocycles. The SMILES string of the molecule is C[C@H](Sc1nnc(C2CC2)o1)C(=O)Nc1ccc(Cl)cc1. The second kappa shape index (κ2) is 6.07. The van der Waals surface area contributed by atoms with Gasteiger partial charge in [-0.2, -0.15) is 0 Å². The predicted octanol–water partition coefficient (Wildman–Crippen LogP) is 3.72. The van der Waals surface area contributed by atoms with E-state index in [4.69, 9.17) is 16.0 Å². The largest absolute Gasteiger partial charge is 0.416 e. The maximum absolute atomic E-state index is 12.1. The molecule has 2 aromatic rings. The second-order valence-electron chi connectivity index (χ2n) is 4.94. The summed E-state index contributed by atoms with van der Waals surface area (Å²) in [6.07, 6.45) is 2.22. The first-order chi connectivity index (χ1) is 10.1. The van der Waals surface area contributed by atoms with Crippen LogP contribution in [0, 0.1) is 0 Å². The lowest BCUT2D eigenvalue weighted by Crippen LogP contribution is -2.22. The van der Waals surface area contributed by atoms with Crippen LogP contribution in [0.5, 0.6) is 0 Å². The quantitative estimate of drug-likeness (QED) is 0.849. The van der Waals surface area contributed by atoms with Crippen LogP contribution < -0.4 is 5.32 Å². The number of hydrogen-bond donors (Lipinski definition) is 1. The summed E-state index contributed by atoms with van der Waals surface area (Å²) < 4.78 is 5.54. The summed E-state index contributed by atoms with van der Waals surface area (Å²) >= 11 is 7.07. The van der Waals surface area contributed by atoms with E-state index in [-0.39, 0.29) is 11.2 Å². The molecule has 7 heteroatoms. The fourth-order valence-corrected chi connectivity index (χ4v) is 2.56. The van der Waals surface area contributed by atoms with Crippen molar-refractivity contribution in [2.45, 2.75) is 36.2 Å². The molecule has 1 amide bonds. The molecule has 1 atom stereocenters. The van der Waals surface area contributed by atoms with Crippen LogP contribution in [0.15, 0.2) is 33.9 Å². The fraction of sp³-hybridized carbons (Fsp3) is 0.357. The van der Waals surface area contributed by atoms with Crippen molar-refractivity contribution in [3.8, 4) is 0 Å². The molecule has 0 radical (unpaired) electrons. The summed E-state index contributed by atoms with van der Waals surface area (Å²) in [6, 6.07) is 6.98. The third kappa shape index (κ3) is 3.77. The topological polar surface area (TPSA) is 68.0 Å². The van der Waals surface area contributed by atoms with Crippen molar-refractivity contribution in [1.82, 2.24) is 10.2 Å². The van der Waals surface area contributed by atoms with Gasteiger partial charge < -0.3 is 9.73 Å². The van der Waals surface area contributed by atoms with Gasteiger partial charge in [0.15, 0.2) is 0 Å². The number of aromatic nitrogens is 2. The zero-order valence-corrected chi connectivity index (χ0v) is 12.9. The molecule has 0 unspecified atom stereocenters. The highest BCUT2D eigenvalue weighted by molar-refractivity contribution is 8.00. The Labute approximate surface area is 131 Å². The Bertz CT molecular complexity index is 640. The highest BCUT2D eigenvalue weighted by Gasteiger charge is 2.30. The molecule has 1 aliphatic rings. The summed E-state index contributed by atoms with van der Waals surface area (Å²) in [4.78, 5) is 12.1. The molecule has 1 saturated carbocycles. The molecule has 0 saturated heterocycles. The Morgan fingerprint density at radius 2 is 2.10 bits per heavy atom. The molecule has 21 heavy (non-hydrogen) atoms. The monoisotopic (exact) mass is 323 g/mol. The summed E-state index contributed by atoms with van der Waals surface area (Å²) in [5, 5.41) is 11.5. The second-order valence-corrected chi connectivity index (χ2v) is 6.67. The van der Waals surface area contributed by atoms with E-state index < -0.39 is 0 Å². The number of thioether (sulfide) groups is 1. The first kappa shape index (κ1) is 14.4. The van der Waals surface area contributed by atoms with E-state index in [0.29, 0.717) is 27.7 Å². The minimum Gasteiger partial charge on any atom is -0.416 e. The lowest BCUT2D eigenvalue weighted by Gasteiger charge is -2.09. The fourth-order valence-electron chi connectivity index (χ4n) is 1.75. The smallest absolute Gasteiger partial charge is 0.277 e. The number of nitrogens with one attached hydrogen (secondary N) is 1. The number of amides is 1. The van der Waals surface area contributed by atoms with Crippen molar-refractivity contribution in [2.75, 3.05) is 5.32 Å². The molecular formula is C14H14ClN3O2S. The van der Waals surface area contributed by atoms with Crippen molar-refractivity contribution < 1.29 is 9.21 Å². The van der Waals surface area contributed by atoms with E-state index in [9.17, 15) is 4.79 Å². The number of anilines is 1. The molecule has 1 N–H and O–H groups in total. The average molecular weight is 324 g/mol. The lowest BCUT2D eigenvalue weighted by atomic mass is 10.3. The van der Waals surface area contributed by atoms with Crippen LogP contribution in [0.1, 0.15) is 31.6 Å². The van der Waals surface area contributed by atoms with Crippen molar-refractivity contribution in [3.63, 3.8) is 0 Å². The van der Waals surface area contributed by atoms with Gasteiger partial charge in [-0.15, -0.1) is 10.2 Å². The van der Waals surface area contributed by atoms with Crippen LogP contribution in [0.25, 0.3) is 0 Å². The Kier molecular flexibility index (Phi) is 4.17. The van der Waals surface area contributed by atoms with Gasteiger partial charge in [-0.25, -0.2) is 0 Å². The highest BCUT2D eigenvalue weighted by atomic mass is 35.5. The van der Waals surface area contributed by atoms with E-state index in [1.165, 1.54) is 11.8 Å². The van der Waals surface area contributed by atoms with E-state index in [1.807, 2.05) is 0 Å². The first-order valence-corrected chi connectivity index (χ1v) is 7.94. The number of hydrogen-bond acceptors (Lipinski definition) is 5. The van der Waals surface area contributed by atoms with Gasteiger partial charge >= 0.3 is 0 Å². The van der Waals surface area contributed by atoms with Crippen LogP contribution in [0.4, 0.5) is 5.69 Å². The molecule has 0 spiro atoms. The van der Waals surface area contributed by atoms with Gasteiger partial charge in [-0.1, -0.05) is 23.4 Å². The van der Waals surface area contributed by atoms with Crippen LogP contribution in [0.3, 0.4) is 0 Å². The lowest BCUT2D eigenvalue weighted by molar-refractivity contribution is -0.115. The van der Waals surface area contributed by atoms with Crippen molar-refractivity contribution >= 4 is 35.0 Å². The zero-order chi connectivity index (χ0) is 14.8. The third-order valence-corrected chi connectivity index (χ3v) is 4.29. The molecule has 1 aliphatic carbocycles. The van der Waals surface area contributed by atoms with E-state index >= 15 is 0 Å². The Balaban J connectivity index is 1.57. The first-order valence-electron chi connectivity index (χ1n) is 6.68. The van der Waals surface area contributed by atoms with Gasteiger partial charge in [0, 0.05) is 16.6 Å². The number of carbonyl (C=O) groups excluding carboxylic acids is 1. The highest BCUT2D eigenvalue weighted by Crippen LogP contribution is 2.40. The number of benzene rings is 1. The van der Waals surface area contributed by atoms with Crippen LogP contribution in [-0.2, 0) is 4.79 Å². The van der Waals surface area contributed by atoms with Crippen molar-refractivity contribution in [1.29, 1.82) is 0 Å². The summed E-state index contributed by atoms with van der Waals surface area (Å²) in [7, 11) is 0. The molecular weight excluding hydrogens is 310 g/mol. The van der Waals surface area contributed by atoms with Gasteiger partial charge in [-0.3, -0.25) is 4.79 Å². The maximum atomic E-state index is 12.1. The Morgan fingerprint density at radius 3 is 2.76 bits per heavy atom. The minimum absolute atomic E-state index is 0.117. The van der Waals surface area contributed by atoms with E-state index in [1.54, 1.807) is 31.2 Å². The van der Waals surface area contributed by atoms with Crippen molar-refractivity contribution in [2.24, 2.45) is 0 Å². The van der Waals surface area contributed by atoms with Gasteiger partial charge in [-0.05, 0) is 44.0 Å².